The van der Waals surface area contributed by atoms with Crippen LogP contribution in [0, 0.1) is 0 Å². The van der Waals surface area contributed by atoms with Gasteiger partial charge >= 0.3 is 0 Å². The highest BCUT2D eigenvalue weighted by Crippen LogP contribution is 2.20. The summed E-state index contributed by atoms with van der Waals surface area (Å²) in [6.45, 7) is 5.27. The number of hydrogen-bond donors (Lipinski definition) is 0. The van der Waals surface area contributed by atoms with Crippen molar-refractivity contribution in [2.75, 3.05) is 12.8 Å². The van der Waals surface area contributed by atoms with E-state index in [0.717, 1.165) is 11.8 Å². The molecule has 1 amide bonds. The van der Waals surface area contributed by atoms with Crippen LogP contribution in [0.2, 0.25) is 0 Å². The molecule has 2 rings (SSSR count). The first-order valence-electron chi connectivity index (χ1n) is 7.02. The molecule has 0 radical (unpaired) electrons. The maximum atomic E-state index is 12.1. The van der Waals surface area contributed by atoms with Gasteiger partial charge in [0.05, 0.1) is 6.26 Å². The smallest absolute Gasteiger partial charge is 0.265 e. The van der Waals surface area contributed by atoms with E-state index in [1.165, 1.54) is 5.56 Å². The highest BCUT2D eigenvalue weighted by molar-refractivity contribution is 7.86. The van der Waals surface area contributed by atoms with Crippen molar-refractivity contribution in [1.29, 1.82) is 0 Å². The van der Waals surface area contributed by atoms with E-state index in [4.69, 9.17) is 4.18 Å². The number of hydrogen-bond acceptors (Lipinski definition) is 4. The molecule has 0 spiro atoms. The minimum atomic E-state index is -3.60. The Kier molecular flexibility index (Phi) is 4.68. The van der Waals surface area contributed by atoms with Crippen LogP contribution in [0.5, 0.6) is 0 Å². The predicted molar refractivity (Wildman–Crippen MR) is 80.3 cm³/mol. The molecule has 21 heavy (non-hydrogen) atoms. The molecule has 0 N–H and O–H groups in total. The van der Waals surface area contributed by atoms with Crippen LogP contribution >= 0.6 is 0 Å². The molecular weight excluding hydrogens is 290 g/mol. The van der Waals surface area contributed by atoms with E-state index in [1.807, 2.05) is 12.1 Å². The molecular formula is C15H21NO4S. The second-order valence-electron chi connectivity index (χ2n) is 5.73. The third-order valence-corrected chi connectivity index (χ3v) is 4.14. The highest BCUT2D eigenvalue weighted by atomic mass is 32.2. The van der Waals surface area contributed by atoms with E-state index in [2.05, 4.69) is 26.0 Å². The largest absolute Gasteiger partial charge is 0.336 e. The number of carbonyl (C=O) groups excluding carboxylic acids is 1. The molecule has 1 saturated heterocycles. The van der Waals surface area contributed by atoms with Gasteiger partial charge in [-0.3, -0.25) is 8.98 Å². The molecule has 1 atom stereocenters. The molecule has 0 bridgehead atoms. The molecule has 1 heterocycles. The topological polar surface area (TPSA) is 63.7 Å². The lowest BCUT2D eigenvalue weighted by molar-refractivity contribution is -0.133. The number of rotatable bonds is 5. The Bertz CT molecular complexity index is 607. The van der Waals surface area contributed by atoms with Crippen LogP contribution in [0.25, 0.3) is 0 Å². The van der Waals surface area contributed by atoms with Crippen LogP contribution < -0.4 is 0 Å². The van der Waals surface area contributed by atoms with Crippen LogP contribution in [0.3, 0.4) is 0 Å². The first-order valence-corrected chi connectivity index (χ1v) is 8.84. The van der Waals surface area contributed by atoms with Gasteiger partial charge in [-0.1, -0.05) is 38.1 Å². The molecule has 1 fully saturated rings. The van der Waals surface area contributed by atoms with Crippen LogP contribution in [0.15, 0.2) is 24.3 Å². The Labute approximate surface area is 126 Å². The normalized spacial score (nSPS) is 19.5. The lowest BCUT2D eigenvalue weighted by atomic mass is 10.0. The molecule has 1 aromatic rings. The van der Waals surface area contributed by atoms with Gasteiger partial charge in [0.1, 0.15) is 0 Å². The molecule has 0 unspecified atom stereocenters. The van der Waals surface area contributed by atoms with Gasteiger partial charge < -0.3 is 4.90 Å². The first kappa shape index (κ1) is 16.0. The Morgan fingerprint density at radius 3 is 2.43 bits per heavy atom. The zero-order chi connectivity index (χ0) is 15.6. The van der Waals surface area contributed by atoms with E-state index < -0.39 is 16.2 Å². The van der Waals surface area contributed by atoms with E-state index in [-0.39, 0.29) is 5.91 Å². The summed E-state index contributed by atoms with van der Waals surface area (Å²) >= 11 is 0. The molecule has 0 saturated carbocycles. The summed E-state index contributed by atoms with van der Waals surface area (Å²) < 4.78 is 27.0. The quantitative estimate of drug-likeness (QED) is 0.779. The maximum Gasteiger partial charge on any atom is 0.265 e. The van der Waals surface area contributed by atoms with E-state index in [0.29, 0.717) is 25.4 Å². The van der Waals surface area contributed by atoms with Crippen molar-refractivity contribution in [3.05, 3.63) is 35.4 Å². The van der Waals surface area contributed by atoms with Gasteiger partial charge in [0.15, 0.2) is 6.10 Å². The average molecular weight is 311 g/mol. The van der Waals surface area contributed by atoms with Gasteiger partial charge in [-0.2, -0.15) is 8.42 Å². The third kappa shape index (κ3) is 4.28. The van der Waals surface area contributed by atoms with Crippen molar-refractivity contribution < 1.29 is 17.4 Å². The Hall–Kier alpha value is -1.40. The predicted octanol–water partition coefficient (Wildman–Crippen LogP) is 1.89. The van der Waals surface area contributed by atoms with Gasteiger partial charge in [-0.15, -0.1) is 0 Å². The number of benzene rings is 1. The van der Waals surface area contributed by atoms with Crippen molar-refractivity contribution in [3.63, 3.8) is 0 Å². The Morgan fingerprint density at radius 1 is 1.29 bits per heavy atom. The fourth-order valence-corrected chi connectivity index (χ4v) is 3.00. The van der Waals surface area contributed by atoms with Gasteiger partial charge in [0.25, 0.3) is 16.0 Å². The van der Waals surface area contributed by atoms with E-state index >= 15 is 0 Å². The monoisotopic (exact) mass is 311 g/mol. The van der Waals surface area contributed by atoms with E-state index in [9.17, 15) is 13.2 Å². The van der Waals surface area contributed by atoms with Gasteiger partial charge in [0.2, 0.25) is 0 Å². The maximum absolute atomic E-state index is 12.1. The van der Waals surface area contributed by atoms with Crippen LogP contribution in [-0.2, 0) is 25.6 Å². The number of amides is 1. The first-order chi connectivity index (χ1) is 9.76. The zero-order valence-electron chi connectivity index (χ0n) is 12.6. The number of nitrogens with zero attached hydrogens (tertiary/aromatic N) is 1. The molecule has 6 heteroatoms. The molecule has 0 aliphatic carbocycles. The standard InChI is InChI=1S/C15H21NO4S/c1-11(2)13-6-4-12(5-7-13)10-16-9-8-14(15(16)17)20-21(3,18)19/h4-7,11,14H,8-10H2,1-3H3/t14-/m0/s1. The minimum absolute atomic E-state index is 0.256. The number of carbonyl (C=O) groups is 1. The fraction of sp³-hybridized carbons (Fsp3) is 0.533. The highest BCUT2D eigenvalue weighted by Gasteiger charge is 2.34. The Morgan fingerprint density at radius 2 is 1.90 bits per heavy atom. The van der Waals surface area contributed by atoms with Gasteiger partial charge in [-0.05, 0) is 17.0 Å². The second kappa shape index (κ2) is 6.15. The minimum Gasteiger partial charge on any atom is -0.336 e. The molecule has 1 aliphatic heterocycles. The molecule has 1 aliphatic rings. The third-order valence-electron chi connectivity index (χ3n) is 3.56. The van der Waals surface area contributed by atoms with Crippen molar-refractivity contribution in [2.24, 2.45) is 0 Å². The van der Waals surface area contributed by atoms with Crippen LogP contribution in [0.1, 0.15) is 37.3 Å². The van der Waals surface area contributed by atoms with E-state index in [1.54, 1.807) is 4.90 Å². The summed E-state index contributed by atoms with van der Waals surface area (Å²) in [6, 6.07) is 8.14. The average Bonchev–Trinajstić information content (AvgIpc) is 2.70. The van der Waals surface area contributed by atoms with Gasteiger partial charge in [-0.25, -0.2) is 0 Å². The van der Waals surface area contributed by atoms with Crippen molar-refractivity contribution in [2.45, 2.75) is 38.8 Å². The SMILES string of the molecule is CC(C)c1ccc(CN2CC[C@H](OS(C)(=O)=O)C2=O)cc1. The summed E-state index contributed by atoms with van der Waals surface area (Å²) in [7, 11) is -3.60. The second-order valence-corrected chi connectivity index (χ2v) is 7.33. The van der Waals surface area contributed by atoms with Crippen molar-refractivity contribution in [3.8, 4) is 0 Å². The molecule has 0 aromatic heterocycles. The van der Waals surface area contributed by atoms with Gasteiger partial charge in [0, 0.05) is 19.5 Å². The van der Waals surface area contributed by atoms with Crippen LogP contribution in [0.4, 0.5) is 0 Å². The lowest BCUT2D eigenvalue weighted by Crippen LogP contribution is -2.31. The summed E-state index contributed by atoms with van der Waals surface area (Å²) in [5.41, 5.74) is 2.29. The molecule has 1 aromatic carbocycles. The van der Waals surface area contributed by atoms with Crippen molar-refractivity contribution in [1.82, 2.24) is 4.90 Å². The van der Waals surface area contributed by atoms with Crippen molar-refractivity contribution >= 4 is 16.0 Å². The summed E-state index contributed by atoms with van der Waals surface area (Å²) in [6.07, 6.45) is 0.513. The lowest BCUT2D eigenvalue weighted by Gasteiger charge is -2.17. The summed E-state index contributed by atoms with van der Waals surface area (Å²) in [5.74, 6) is 0.216. The molecule has 116 valence electrons. The fourth-order valence-electron chi connectivity index (χ4n) is 2.40. The molecule has 5 nitrogen and oxygen atoms in total. The Balaban J connectivity index is 1.99. The zero-order valence-corrected chi connectivity index (χ0v) is 13.4. The number of likely N-dealkylation sites (tertiary alicyclic amines) is 1. The summed E-state index contributed by atoms with van der Waals surface area (Å²) in [4.78, 5) is 13.7. The van der Waals surface area contributed by atoms with Crippen LogP contribution in [-0.4, -0.2) is 38.1 Å². The summed E-state index contributed by atoms with van der Waals surface area (Å²) in [5, 5.41) is 0.